The van der Waals surface area contributed by atoms with E-state index < -0.39 is 0 Å². The van der Waals surface area contributed by atoms with Gasteiger partial charge in [-0.15, -0.1) is 11.3 Å². The van der Waals surface area contributed by atoms with Crippen LogP contribution >= 0.6 is 11.3 Å². The number of carbonyl (C=O) groups is 1. The third-order valence-electron chi connectivity index (χ3n) is 2.11. The molecule has 0 unspecified atom stereocenters. The molecular weight excluding hydrogens is 240 g/mol. The number of nitriles is 1. The summed E-state index contributed by atoms with van der Waals surface area (Å²) in [6.45, 7) is -0.191. The number of nitrogens with zero attached hydrogens (tertiary/aromatic N) is 3. The summed E-state index contributed by atoms with van der Waals surface area (Å²) in [5, 5.41) is 12.4. The summed E-state index contributed by atoms with van der Waals surface area (Å²) >= 11 is 1.29. The lowest BCUT2D eigenvalue weighted by atomic mass is 10.4. The Kier molecular flexibility index (Phi) is 3.16. The topological polar surface area (TPSA) is 87.8 Å². The second-order valence-electron chi connectivity index (χ2n) is 3.25. The zero-order valence-electron chi connectivity index (χ0n) is 8.71. The number of nitrogens with one attached hydrogen (secondary N) is 1. The van der Waals surface area contributed by atoms with Crippen LogP contribution < -0.4 is 10.9 Å². The fourth-order valence-electron chi connectivity index (χ4n) is 1.34. The van der Waals surface area contributed by atoms with Crippen LogP contribution in [-0.2, 0) is 11.3 Å². The second-order valence-corrected chi connectivity index (χ2v) is 4.16. The number of thiophene rings is 1. The van der Waals surface area contributed by atoms with Gasteiger partial charge in [-0.05, 0) is 11.4 Å². The van der Waals surface area contributed by atoms with Crippen molar-refractivity contribution in [3.63, 3.8) is 0 Å². The minimum Gasteiger partial charge on any atom is -0.341 e. The smallest absolute Gasteiger partial charge is 0.271 e. The molecule has 6 nitrogen and oxygen atoms in total. The normalized spacial score (nSPS) is 10.1. The Labute approximate surface area is 100 Å². The van der Waals surface area contributed by atoms with Gasteiger partial charge in [-0.1, -0.05) is 0 Å². The summed E-state index contributed by atoms with van der Waals surface area (Å²) in [6.07, 6.45) is 1.34. The van der Waals surface area contributed by atoms with Gasteiger partial charge in [0.2, 0.25) is 5.91 Å². The third-order valence-corrected chi connectivity index (χ3v) is 3.01. The molecule has 0 radical (unpaired) electrons. The van der Waals surface area contributed by atoms with Crippen LogP contribution in [0.25, 0.3) is 10.2 Å². The Morgan fingerprint density at radius 3 is 3.24 bits per heavy atom. The summed E-state index contributed by atoms with van der Waals surface area (Å²) in [7, 11) is 0. The van der Waals surface area contributed by atoms with Crippen LogP contribution in [-0.4, -0.2) is 22.0 Å². The van der Waals surface area contributed by atoms with E-state index in [0.29, 0.717) is 10.2 Å². The molecule has 0 fully saturated rings. The maximum Gasteiger partial charge on any atom is 0.271 e. The molecule has 0 aliphatic carbocycles. The number of fused-ring (bicyclic) bond motifs is 1. The van der Waals surface area contributed by atoms with E-state index in [4.69, 9.17) is 5.26 Å². The number of aromatic nitrogens is 2. The van der Waals surface area contributed by atoms with E-state index in [1.165, 1.54) is 22.2 Å². The van der Waals surface area contributed by atoms with Crippen LogP contribution in [0.3, 0.4) is 0 Å². The van der Waals surface area contributed by atoms with E-state index in [2.05, 4.69) is 10.3 Å². The monoisotopic (exact) mass is 248 g/mol. The number of carbonyl (C=O) groups excluding carboxylic acids is 1. The van der Waals surface area contributed by atoms with Gasteiger partial charge in [-0.2, -0.15) is 5.26 Å². The van der Waals surface area contributed by atoms with E-state index in [-0.39, 0.29) is 24.6 Å². The molecule has 0 saturated carbocycles. The Balaban J connectivity index is 2.25. The first-order valence-corrected chi connectivity index (χ1v) is 5.66. The molecule has 0 aliphatic heterocycles. The second kappa shape index (κ2) is 4.76. The molecule has 2 aromatic heterocycles. The predicted octanol–water partition coefficient (Wildman–Crippen LogP) is 0.0978. The lowest BCUT2D eigenvalue weighted by Crippen LogP contribution is -2.32. The van der Waals surface area contributed by atoms with Crippen molar-refractivity contribution in [2.75, 3.05) is 6.54 Å². The SMILES string of the molecule is N#CCNC(=O)Cn1cnc2ccsc2c1=O. The molecular formula is C10H8N4O2S. The Hall–Kier alpha value is -2.20. The highest BCUT2D eigenvalue weighted by molar-refractivity contribution is 7.17. The highest BCUT2D eigenvalue weighted by atomic mass is 32.1. The Morgan fingerprint density at radius 2 is 2.47 bits per heavy atom. The van der Waals surface area contributed by atoms with Gasteiger partial charge in [0.25, 0.3) is 5.56 Å². The average molecular weight is 248 g/mol. The van der Waals surface area contributed by atoms with Crippen LogP contribution in [0, 0.1) is 11.3 Å². The van der Waals surface area contributed by atoms with Crippen LogP contribution in [0.5, 0.6) is 0 Å². The van der Waals surface area contributed by atoms with Gasteiger partial charge >= 0.3 is 0 Å². The van der Waals surface area contributed by atoms with Crippen molar-refractivity contribution < 1.29 is 4.79 Å². The Bertz CT molecular complexity index is 652. The molecule has 0 aromatic carbocycles. The first kappa shape index (κ1) is 11.3. The lowest BCUT2D eigenvalue weighted by Gasteiger charge is -2.04. The molecule has 1 N–H and O–H groups in total. The van der Waals surface area contributed by atoms with Crippen LogP contribution in [0.1, 0.15) is 0 Å². The van der Waals surface area contributed by atoms with Crippen molar-refractivity contribution in [1.29, 1.82) is 5.26 Å². The molecule has 86 valence electrons. The molecule has 0 spiro atoms. The zero-order valence-corrected chi connectivity index (χ0v) is 9.53. The quantitative estimate of drug-likeness (QED) is 0.780. The fourth-order valence-corrected chi connectivity index (χ4v) is 2.13. The Morgan fingerprint density at radius 1 is 1.65 bits per heavy atom. The minimum absolute atomic E-state index is 0.0672. The van der Waals surface area contributed by atoms with Gasteiger partial charge in [0.1, 0.15) is 17.8 Å². The first-order chi connectivity index (χ1) is 8.22. The number of hydrogen-bond acceptors (Lipinski definition) is 5. The molecule has 1 amide bonds. The van der Waals surface area contributed by atoms with E-state index in [9.17, 15) is 9.59 Å². The van der Waals surface area contributed by atoms with Crippen molar-refractivity contribution in [3.8, 4) is 6.07 Å². The van der Waals surface area contributed by atoms with Crippen molar-refractivity contribution in [3.05, 3.63) is 28.1 Å². The molecule has 0 aliphatic rings. The fraction of sp³-hybridized carbons (Fsp3) is 0.200. The van der Waals surface area contributed by atoms with Crippen LogP contribution in [0.15, 0.2) is 22.6 Å². The summed E-state index contributed by atoms with van der Waals surface area (Å²) in [5.41, 5.74) is 0.394. The molecule has 2 heterocycles. The van der Waals surface area contributed by atoms with Gasteiger partial charge in [0.15, 0.2) is 0 Å². The maximum absolute atomic E-state index is 11.9. The molecule has 0 saturated heterocycles. The summed E-state index contributed by atoms with van der Waals surface area (Å²) in [6, 6.07) is 3.54. The lowest BCUT2D eigenvalue weighted by molar-refractivity contribution is -0.121. The van der Waals surface area contributed by atoms with E-state index in [1.54, 1.807) is 17.5 Å². The first-order valence-electron chi connectivity index (χ1n) is 4.78. The number of amides is 1. The van der Waals surface area contributed by atoms with Gasteiger partial charge in [-0.25, -0.2) is 4.98 Å². The van der Waals surface area contributed by atoms with E-state index in [1.807, 2.05) is 0 Å². The molecule has 7 heteroatoms. The van der Waals surface area contributed by atoms with Gasteiger partial charge < -0.3 is 5.32 Å². The molecule has 0 bridgehead atoms. The van der Waals surface area contributed by atoms with Crippen LogP contribution in [0.4, 0.5) is 0 Å². The van der Waals surface area contributed by atoms with Gasteiger partial charge in [0.05, 0.1) is 17.9 Å². The number of rotatable bonds is 3. The standard InChI is InChI=1S/C10H8N4O2S/c11-2-3-12-8(15)5-14-6-13-7-1-4-17-9(7)10(14)16/h1,4,6H,3,5H2,(H,12,15). The van der Waals surface area contributed by atoms with Crippen molar-refractivity contribution in [1.82, 2.24) is 14.9 Å². The highest BCUT2D eigenvalue weighted by Gasteiger charge is 2.08. The van der Waals surface area contributed by atoms with Crippen molar-refractivity contribution in [2.24, 2.45) is 0 Å². The maximum atomic E-state index is 11.9. The molecule has 0 atom stereocenters. The molecule has 2 aromatic rings. The molecule has 2 rings (SSSR count). The largest absolute Gasteiger partial charge is 0.341 e. The zero-order chi connectivity index (χ0) is 12.3. The minimum atomic E-state index is -0.383. The van der Waals surface area contributed by atoms with Gasteiger partial charge in [0, 0.05) is 0 Å². The average Bonchev–Trinajstić information content (AvgIpc) is 2.79. The summed E-state index contributed by atoms with van der Waals surface area (Å²) in [5.74, 6) is -0.383. The summed E-state index contributed by atoms with van der Waals surface area (Å²) < 4.78 is 1.76. The predicted molar refractivity (Wildman–Crippen MR) is 62.5 cm³/mol. The van der Waals surface area contributed by atoms with Crippen LogP contribution in [0.2, 0.25) is 0 Å². The number of hydrogen-bond donors (Lipinski definition) is 1. The van der Waals surface area contributed by atoms with Gasteiger partial charge in [-0.3, -0.25) is 14.2 Å². The van der Waals surface area contributed by atoms with E-state index in [0.717, 1.165) is 0 Å². The molecule has 17 heavy (non-hydrogen) atoms. The van der Waals surface area contributed by atoms with E-state index >= 15 is 0 Å². The third kappa shape index (κ3) is 2.32. The van der Waals surface area contributed by atoms with Crippen molar-refractivity contribution >= 4 is 27.5 Å². The summed E-state index contributed by atoms with van der Waals surface area (Å²) in [4.78, 5) is 27.3. The van der Waals surface area contributed by atoms with Crippen molar-refractivity contribution in [2.45, 2.75) is 6.54 Å². The highest BCUT2D eigenvalue weighted by Crippen LogP contribution is 2.12.